The van der Waals surface area contributed by atoms with Gasteiger partial charge < -0.3 is 5.11 Å². The van der Waals surface area contributed by atoms with Crippen molar-refractivity contribution in [3.05, 3.63) is 35.4 Å². The molecule has 1 fully saturated rings. The summed E-state index contributed by atoms with van der Waals surface area (Å²) in [6.45, 7) is 4.83. The molecule has 130 valence electrons. The molecule has 0 bridgehead atoms. The maximum atomic E-state index is 9.38. The first-order valence-corrected chi connectivity index (χ1v) is 9.76. The Bertz CT molecular complexity index is 414. The highest BCUT2D eigenvalue weighted by molar-refractivity contribution is 5.23. The summed E-state index contributed by atoms with van der Waals surface area (Å²) in [6.07, 6.45) is 13.0. The second-order valence-corrected chi connectivity index (χ2v) is 7.10. The number of aliphatic hydroxyl groups excluding tert-OH is 1. The third-order valence-corrected chi connectivity index (χ3v) is 5.24. The maximum Gasteiger partial charge on any atom is 0.0586 e. The first-order chi connectivity index (χ1) is 11.3. The van der Waals surface area contributed by atoms with Gasteiger partial charge in [-0.25, -0.2) is 0 Å². The average Bonchev–Trinajstić information content (AvgIpc) is 3.05. The Morgan fingerprint density at radius 3 is 2.30 bits per heavy atom. The van der Waals surface area contributed by atoms with Crippen molar-refractivity contribution >= 4 is 0 Å². The van der Waals surface area contributed by atoms with Crippen molar-refractivity contribution in [3.63, 3.8) is 0 Å². The smallest absolute Gasteiger partial charge is 0.0586 e. The summed E-state index contributed by atoms with van der Waals surface area (Å²) in [7, 11) is 0. The van der Waals surface area contributed by atoms with Gasteiger partial charge in [-0.3, -0.25) is 4.90 Å². The number of unbranched alkanes of at least 4 members (excludes halogenated alkanes) is 5. The number of nitrogens with zero attached hydrogens (tertiary/aromatic N) is 1. The molecular weight excluding hydrogens is 282 g/mol. The highest BCUT2D eigenvalue weighted by atomic mass is 16.3. The van der Waals surface area contributed by atoms with Gasteiger partial charge in [0.05, 0.1) is 6.61 Å². The molecular formula is C21H35NO. The van der Waals surface area contributed by atoms with Crippen LogP contribution in [0.15, 0.2) is 24.3 Å². The van der Waals surface area contributed by atoms with Crippen LogP contribution in [0.25, 0.3) is 0 Å². The van der Waals surface area contributed by atoms with E-state index in [4.69, 9.17) is 0 Å². The van der Waals surface area contributed by atoms with E-state index in [1.807, 2.05) is 0 Å². The van der Waals surface area contributed by atoms with E-state index < -0.39 is 0 Å². The summed E-state index contributed by atoms with van der Waals surface area (Å²) in [5.74, 6) is 0. The standard InChI is InChI=1S/C21H35NO/c1-2-3-4-5-6-7-9-19-11-13-20(14-12-19)15-17-22-16-8-10-21(22)18-23/h11-14,21,23H,2-10,15-18H2,1H3/t21-/m1/s1. The fourth-order valence-corrected chi connectivity index (χ4v) is 3.65. The van der Waals surface area contributed by atoms with Crippen molar-refractivity contribution in [2.24, 2.45) is 0 Å². The van der Waals surface area contributed by atoms with Crippen LogP contribution in [0.1, 0.15) is 69.4 Å². The lowest BCUT2D eigenvalue weighted by atomic mass is 10.0. The predicted octanol–water partition coefficient (Wildman–Crippen LogP) is 4.59. The van der Waals surface area contributed by atoms with Gasteiger partial charge in [0.2, 0.25) is 0 Å². The number of likely N-dealkylation sites (tertiary alicyclic amines) is 1. The Morgan fingerprint density at radius 2 is 1.61 bits per heavy atom. The monoisotopic (exact) mass is 317 g/mol. The van der Waals surface area contributed by atoms with E-state index in [1.54, 1.807) is 0 Å². The molecule has 1 heterocycles. The average molecular weight is 318 g/mol. The van der Waals surface area contributed by atoms with Crippen molar-refractivity contribution in [2.75, 3.05) is 19.7 Å². The van der Waals surface area contributed by atoms with Crippen molar-refractivity contribution < 1.29 is 5.11 Å². The van der Waals surface area contributed by atoms with Crippen LogP contribution in [0.2, 0.25) is 0 Å². The van der Waals surface area contributed by atoms with Gasteiger partial charge in [0.25, 0.3) is 0 Å². The van der Waals surface area contributed by atoms with E-state index in [0.29, 0.717) is 12.6 Å². The van der Waals surface area contributed by atoms with Gasteiger partial charge in [-0.05, 0) is 49.8 Å². The molecule has 1 aromatic carbocycles. The van der Waals surface area contributed by atoms with Crippen LogP contribution in [0, 0.1) is 0 Å². The highest BCUT2D eigenvalue weighted by Gasteiger charge is 2.22. The van der Waals surface area contributed by atoms with E-state index in [-0.39, 0.29) is 0 Å². The van der Waals surface area contributed by atoms with E-state index in [2.05, 4.69) is 36.1 Å². The Morgan fingerprint density at radius 1 is 0.957 bits per heavy atom. The SMILES string of the molecule is CCCCCCCCc1ccc(CCN2CCC[C@@H]2CO)cc1. The molecule has 1 N–H and O–H groups in total. The first kappa shape index (κ1) is 18.5. The Kier molecular flexibility index (Phi) is 8.70. The third-order valence-electron chi connectivity index (χ3n) is 5.24. The second-order valence-electron chi connectivity index (χ2n) is 7.10. The molecule has 2 heteroatoms. The summed E-state index contributed by atoms with van der Waals surface area (Å²) in [5, 5.41) is 9.38. The van der Waals surface area contributed by atoms with Crippen molar-refractivity contribution in [2.45, 2.75) is 77.2 Å². The highest BCUT2D eigenvalue weighted by Crippen LogP contribution is 2.17. The Labute approximate surface area is 142 Å². The molecule has 0 radical (unpaired) electrons. The lowest BCUT2D eigenvalue weighted by Gasteiger charge is -2.22. The zero-order valence-electron chi connectivity index (χ0n) is 15.0. The summed E-state index contributed by atoms with van der Waals surface area (Å²) in [5.41, 5.74) is 2.92. The summed E-state index contributed by atoms with van der Waals surface area (Å²) < 4.78 is 0. The molecule has 0 amide bonds. The van der Waals surface area contributed by atoms with Crippen LogP contribution in [0.5, 0.6) is 0 Å². The van der Waals surface area contributed by atoms with Crippen LogP contribution in [0.4, 0.5) is 0 Å². The number of hydrogen-bond donors (Lipinski definition) is 1. The van der Waals surface area contributed by atoms with Gasteiger partial charge in [-0.1, -0.05) is 63.3 Å². The van der Waals surface area contributed by atoms with Gasteiger partial charge in [0.15, 0.2) is 0 Å². The molecule has 1 aliphatic heterocycles. The minimum Gasteiger partial charge on any atom is -0.395 e. The van der Waals surface area contributed by atoms with Crippen molar-refractivity contribution in [1.82, 2.24) is 4.90 Å². The van der Waals surface area contributed by atoms with Crippen molar-refractivity contribution in [3.8, 4) is 0 Å². The van der Waals surface area contributed by atoms with Gasteiger partial charge in [0.1, 0.15) is 0 Å². The molecule has 0 aliphatic carbocycles. The second kappa shape index (κ2) is 10.8. The molecule has 0 spiro atoms. The van der Waals surface area contributed by atoms with Gasteiger partial charge in [-0.2, -0.15) is 0 Å². The van der Waals surface area contributed by atoms with Crippen molar-refractivity contribution in [1.29, 1.82) is 0 Å². The fraction of sp³-hybridized carbons (Fsp3) is 0.714. The number of rotatable bonds is 11. The molecule has 1 aromatic rings. The molecule has 23 heavy (non-hydrogen) atoms. The van der Waals surface area contributed by atoms with E-state index in [0.717, 1.165) is 25.9 Å². The van der Waals surface area contributed by atoms with E-state index in [9.17, 15) is 5.11 Å². The Hall–Kier alpha value is -0.860. The van der Waals surface area contributed by atoms with E-state index in [1.165, 1.54) is 62.5 Å². The fourth-order valence-electron chi connectivity index (χ4n) is 3.65. The van der Waals surface area contributed by atoms with E-state index >= 15 is 0 Å². The van der Waals surface area contributed by atoms with Gasteiger partial charge in [0, 0.05) is 12.6 Å². The largest absolute Gasteiger partial charge is 0.395 e. The summed E-state index contributed by atoms with van der Waals surface area (Å²) in [4.78, 5) is 2.45. The topological polar surface area (TPSA) is 23.5 Å². The first-order valence-electron chi connectivity index (χ1n) is 9.76. The zero-order valence-corrected chi connectivity index (χ0v) is 15.0. The zero-order chi connectivity index (χ0) is 16.3. The maximum absolute atomic E-state index is 9.38. The number of aryl methyl sites for hydroxylation is 1. The molecule has 1 aliphatic rings. The summed E-state index contributed by atoms with van der Waals surface area (Å²) in [6, 6.07) is 9.64. The minimum absolute atomic E-state index is 0.317. The number of benzene rings is 1. The lowest BCUT2D eigenvalue weighted by Crippen LogP contribution is -2.33. The molecule has 2 rings (SSSR count). The minimum atomic E-state index is 0.317. The van der Waals surface area contributed by atoms with Crippen LogP contribution in [0.3, 0.4) is 0 Å². The Balaban J connectivity index is 1.64. The van der Waals surface area contributed by atoms with Crippen LogP contribution in [-0.2, 0) is 12.8 Å². The number of hydrogen-bond acceptors (Lipinski definition) is 2. The lowest BCUT2D eigenvalue weighted by molar-refractivity contribution is 0.160. The van der Waals surface area contributed by atoms with Crippen LogP contribution in [-0.4, -0.2) is 35.7 Å². The molecule has 0 saturated carbocycles. The number of aliphatic hydroxyl groups is 1. The third kappa shape index (κ3) is 6.64. The molecule has 0 unspecified atom stereocenters. The predicted molar refractivity (Wildman–Crippen MR) is 98.9 cm³/mol. The van der Waals surface area contributed by atoms with Crippen LogP contribution >= 0.6 is 0 Å². The van der Waals surface area contributed by atoms with Crippen LogP contribution < -0.4 is 0 Å². The summed E-state index contributed by atoms with van der Waals surface area (Å²) >= 11 is 0. The molecule has 1 saturated heterocycles. The van der Waals surface area contributed by atoms with Gasteiger partial charge >= 0.3 is 0 Å². The normalized spacial score (nSPS) is 18.6. The molecule has 0 aromatic heterocycles. The molecule has 2 nitrogen and oxygen atoms in total. The quantitative estimate of drug-likeness (QED) is 0.603. The molecule has 1 atom stereocenters. The van der Waals surface area contributed by atoms with Gasteiger partial charge in [-0.15, -0.1) is 0 Å².